The van der Waals surface area contributed by atoms with Crippen molar-refractivity contribution in [3.05, 3.63) is 36.2 Å². The summed E-state index contributed by atoms with van der Waals surface area (Å²) in [4.78, 5) is 30.5. The summed E-state index contributed by atoms with van der Waals surface area (Å²) >= 11 is 0. The second-order valence-electron chi connectivity index (χ2n) is 6.80. The van der Waals surface area contributed by atoms with Gasteiger partial charge in [-0.1, -0.05) is 12.2 Å². The van der Waals surface area contributed by atoms with Crippen molar-refractivity contribution in [3.63, 3.8) is 0 Å². The Morgan fingerprint density at radius 2 is 2.08 bits per heavy atom. The number of carboxylic acid groups (broad SMARTS) is 1. The lowest BCUT2D eigenvalue weighted by molar-refractivity contribution is -0.162. The van der Waals surface area contributed by atoms with E-state index in [0.29, 0.717) is 24.5 Å². The van der Waals surface area contributed by atoms with Crippen molar-refractivity contribution in [1.29, 1.82) is 0 Å². The predicted octanol–water partition coefficient (Wildman–Crippen LogP) is 2.57. The highest BCUT2D eigenvalue weighted by Gasteiger charge is 2.45. The first-order valence-electron chi connectivity index (χ1n) is 8.80. The van der Waals surface area contributed by atoms with Crippen LogP contribution >= 0.6 is 0 Å². The van der Waals surface area contributed by atoms with Gasteiger partial charge in [-0.05, 0) is 38.3 Å². The summed E-state index contributed by atoms with van der Waals surface area (Å²) in [7, 11) is 0. The molecule has 2 aliphatic rings. The first-order chi connectivity index (χ1) is 12.0. The van der Waals surface area contributed by atoms with Crippen molar-refractivity contribution in [2.24, 2.45) is 5.92 Å². The number of hydrogen-bond donors (Lipinski definition) is 1. The van der Waals surface area contributed by atoms with Gasteiger partial charge in [-0.2, -0.15) is 0 Å². The summed E-state index contributed by atoms with van der Waals surface area (Å²) < 4.78 is 5.90. The number of amides is 1. The SMILES string of the molecule is Cc1ncccc1OC1(C(=O)O)CCN(C(=O)[C@H]2CC=CCC2)CC1. The molecule has 0 spiro atoms. The highest BCUT2D eigenvalue weighted by atomic mass is 16.5. The molecule has 0 aromatic carbocycles. The topological polar surface area (TPSA) is 79.7 Å². The fourth-order valence-electron chi connectivity index (χ4n) is 3.51. The van der Waals surface area contributed by atoms with Gasteiger partial charge in [0.2, 0.25) is 11.5 Å². The number of allylic oxidation sites excluding steroid dienone is 2. The van der Waals surface area contributed by atoms with Crippen LogP contribution in [-0.2, 0) is 9.59 Å². The number of aryl methyl sites for hydroxylation is 1. The molecule has 0 bridgehead atoms. The minimum absolute atomic E-state index is 0.0313. The number of carboxylic acids is 1. The number of aliphatic carboxylic acids is 1. The molecule has 2 heterocycles. The van der Waals surface area contributed by atoms with Crippen LogP contribution < -0.4 is 4.74 Å². The average molecular weight is 344 g/mol. The number of carbonyl (C=O) groups excluding carboxylic acids is 1. The largest absolute Gasteiger partial charge is 0.478 e. The van der Waals surface area contributed by atoms with Crippen LogP contribution in [0.2, 0.25) is 0 Å². The van der Waals surface area contributed by atoms with E-state index in [1.54, 1.807) is 30.2 Å². The zero-order valence-electron chi connectivity index (χ0n) is 14.5. The van der Waals surface area contributed by atoms with E-state index in [2.05, 4.69) is 17.1 Å². The summed E-state index contributed by atoms with van der Waals surface area (Å²) in [6.45, 7) is 2.61. The van der Waals surface area contributed by atoms with E-state index in [4.69, 9.17) is 4.74 Å². The molecule has 1 N–H and O–H groups in total. The average Bonchev–Trinajstić information content (AvgIpc) is 2.64. The Morgan fingerprint density at radius 1 is 1.32 bits per heavy atom. The van der Waals surface area contributed by atoms with E-state index < -0.39 is 11.6 Å². The number of piperidine rings is 1. The first-order valence-corrected chi connectivity index (χ1v) is 8.80. The maximum atomic E-state index is 12.6. The maximum absolute atomic E-state index is 12.6. The molecule has 1 amide bonds. The Morgan fingerprint density at radius 3 is 2.68 bits per heavy atom. The monoisotopic (exact) mass is 344 g/mol. The number of rotatable bonds is 4. The number of ether oxygens (including phenoxy) is 1. The fraction of sp³-hybridized carbons (Fsp3) is 0.526. The molecule has 6 nitrogen and oxygen atoms in total. The van der Waals surface area contributed by atoms with Crippen molar-refractivity contribution in [2.45, 2.75) is 44.6 Å². The third-order valence-electron chi connectivity index (χ3n) is 5.15. The normalized spacial score (nSPS) is 22.4. The summed E-state index contributed by atoms with van der Waals surface area (Å²) in [5.74, 6) is -0.324. The molecule has 1 saturated heterocycles. The van der Waals surface area contributed by atoms with E-state index in [0.717, 1.165) is 19.3 Å². The molecule has 1 fully saturated rings. The minimum Gasteiger partial charge on any atom is -0.478 e. The number of pyridine rings is 1. The number of carbonyl (C=O) groups is 2. The molecular formula is C19H24N2O4. The van der Waals surface area contributed by atoms with Gasteiger partial charge < -0.3 is 14.7 Å². The lowest BCUT2D eigenvalue weighted by Gasteiger charge is -2.40. The predicted molar refractivity (Wildman–Crippen MR) is 92.3 cm³/mol. The van der Waals surface area contributed by atoms with Gasteiger partial charge in [0.15, 0.2) is 0 Å². The molecule has 134 valence electrons. The quantitative estimate of drug-likeness (QED) is 0.849. The van der Waals surface area contributed by atoms with Gasteiger partial charge in [-0.3, -0.25) is 9.78 Å². The molecule has 25 heavy (non-hydrogen) atoms. The Labute approximate surface area is 147 Å². The van der Waals surface area contributed by atoms with Crippen molar-refractivity contribution < 1.29 is 19.4 Å². The summed E-state index contributed by atoms with van der Waals surface area (Å²) in [5.41, 5.74) is -0.632. The number of nitrogens with zero attached hydrogens (tertiary/aromatic N) is 2. The van der Waals surface area contributed by atoms with Crippen LogP contribution in [0.4, 0.5) is 0 Å². The van der Waals surface area contributed by atoms with Crippen molar-refractivity contribution >= 4 is 11.9 Å². The number of hydrogen-bond acceptors (Lipinski definition) is 4. The fourth-order valence-corrected chi connectivity index (χ4v) is 3.51. The molecule has 6 heteroatoms. The van der Waals surface area contributed by atoms with Gasteiger partial charge in [0.1, 0.15) is 5.75 Å². The maximum Gasteiger partial charge on any atom is 0.348 e. The lowest BCUT2D eigenvalue weighted by Crippen LogP contribution is -2.55. The van der Waals surface area contributed by atoms with Crippen LogP contribution in [0.25, 0.3) is 0 Å². The van der Waals surface area contributed by atoms with Gasteiger partial charge in [-0.15, -0.1) is 0 Å². The standard InChI is InChI=1S/C19H24N2O4/c1-14-16(8-5-11-20-14)25-19(18(23)24)9-12-21(13-10-19)17(22)15-6-3-2-4-7-15/h2-3,5,8,11,15H,4,6-7,9-10,12-13H2,1H3,(H,23,24)/t15-/m0/s1. The van der Waals surface area contributed by atoms with Crippen LogP contribution in [0.5, 0.6) is 5.75 Å². The van der Waals surface area contributed by atoms with Gasteiger partial charge in [-0.25, -0.2) is 4.79 Å². The van der Waals surface area contributed by atoms with Gasteiger partial charge >= 0.3 is 5.97 Å². The van der Waals surface area contributed by atoms with Crippen LogP contribution in [-0.4, -0.2) is 45.6 Å². The first kappa shape index (κ1) is 17.5. The Balaban J connectivity index is 1.68. The molecule has 3 rings (SSSR count). The summed E-state index contributed by atoms with van der Waals surface area (Å²) in [6.07, 6.45) is 8.98. The van der Waals surface area contributed by atoms with E-state index in [1.165, 1.54) is 0 Å². The van der Waals surface area contributed by atoms with Crippen molar-refractivity contribution in [3.8, 4) is 5.75 Å². The third kappa shape index (κ3) is 3.67. The smallest absolute Gasteiger partial charge is 0.348 e. The zero-order chi connectivity index (χ0) is 17.9. The molecular weight excluding hydrogens is 320 g/mol. The van der Waals surface area contributed by atoms with Crippen LogP contribution in [0.3, 0.4) is 0 Å². The summed E-state index contributed by atoms with van der Waals surface area (Å²) in [6, 6.07) is 3.46. The van der Waals surface area contributed by atoms with E-state index in [-0.39, 0.29) is 24.7 Å². The molecule has 1 aliphatic carbocycles. The Bertz CT molecular complexity index is 678. The molecule has 0 unspecified atom stereocenters. The van der Waals surface area contributed by atoms with Crippen LogP contribution in [0.15, 0.2) is 30.5 Å². The summed E-state index contributed by atoms with van der Waals surface area (Å²) in [5, 5.41) is 9.76. The molecule has 0 saturated carbocycles. The second-order valence-corrected chi connectivity index (χ2v) is 6.80. The third-order valence-corrected chi connectivity index (χ3v) is 5.15. The molecule has 1 aromatic heterocycles. The zero-order valence-corrected chi connectivity index (χ0v) is 14.5. The van der Waals surface area contributed by atoms with Gasteiger partial charge in [0.05, 0.1) is 5.69 Å². The van der Waals surface area contributed by atoms with E-state index in [1.807, 2.05) is 0 Å². The van der Waals surface area contributed by atoms with Gasteiger partial charge in [0.25, 0.3) is 0 Å². The van der Waals surface area contributed by atoms with Gasteiger partial charge in [0, 0.05) is 38.0 Å². The van der Waals surface area contributed by atoms with Crippen LogP contribution in [0.1, 0.15) is 37.8 Å². The molecule has 1 aliphatic heterocycles. The number of likely N-dealkylation sites (tertiary alicyclic amines) is 1. The lowest BCUT2D eigenvalue weighted by atomic mass is 9.88. The molecule has 1 atom stereocenters. The second kappa shape index (κ2) is 7.25. The molecule has 0 radical (unpaired) electrons. The minimum atomic E-state index is -1.29. The Hall–Kier alpha value is -2.37. The number of aromatic nitrogens is 1. The van der Waals surface area contributed by atoms with Crippen LogP contribution in [0, 0.1) is 12.8 Å². The highest BCUT2D eigenvalue weighted by molar-refractivity contribution is 5.81. The highest BCUT2D eigenvalue weighted by Crippen LogP contribution is 2.32. The Kier molecular flexibility index (Phi) is 5.06. The van der Waals surface area contributed by atoms with Crippen molar-refractivity contribution in [2.75, 3.05) is 13.1 Å². The van der Waals surface area contributed by atoms with E-state index >= 15 is 0 Å². The molecule has 1 aromatic rings. The van der Waals surface area contributed by atoms with E-state index in [9.17, 15) is 14.7 Å². The van der Waals surface area contributed by atoms with Crippen molar-refractivity contribution in [1.82, 2.24) is 9.88 Å².